The van der Waals surface area contributed by atoms with Gasteiger partial charge in [-0.3, -0.25) is 0 Å². The molecule has 20 heavy (non-hydrogen) atoms. The van der Waals surface area contributed by atoms with Crippen LogP contribution >= 0.6 is 0 Å². The summed E-state index contributed by atoms with van der Waals surface area (Å²) in [6, 6.07) is 7.39. The molecule has 1 N–H and O–H groups in total. The minimum absolute atomic E-state index is 0.109. The molecule has 1 aromatic carbocycles. The third kappa shape index (κ3) is 3.81. The van der Waals surface area contributed by atoms with Gasteiger partial charge in [0, 0.05) is 19.2 Å². The Balaban J connectivity index is 1.94. The summed E-state index contributed by atoms with van der Waals surface area (Å²) in [5.41, 5.74) is 0.891. The average Bonchev–Trinajstić information content (AvgIpc) is 2.41. The van der Waals surface area contributed by atoms with E-state index in [0.29, 0.717) is 23.8 Å². The van der Waals surface area contributed by atoms with Crippen molar-refractivity contribution in [3.8, 4) is 0 Å². The maximum absolute atomic E-state index is 12.0. The molecule has 5 heteroatoms. The predicted molar refractivity (Wildman–Crippen MR) is 79.5 cm³/mol. The Labute approximate surface area is 121 Å². The Kier molecular flexibility index (Phi) is 5.18. The molecule has 0 saturated heterocycles. The van der Waals surface area contributed by atoms with Gasteiger partial charge in [0.15, 0.2) is 9.84 Å². The highest BCUT2D eigenvalue weighted by Gasteiger charge is 2.29. The number of fused-ring (bicyclic) bond motifs is 1. The number of rotatable bonds is 6. The van der Waals surface area contributed by atoms with Crippen molar-refractivity contribution in [3.05, 3.63) is 29.8 Å². The number of hydrogen-bond acceptors (Lipinski definition) is 4. The minimum Gasteiger partial charge on any atom is -0.380 e. The van der Waals surface area contributed by atoms with E-state index < -0.39 is 9.84 Å². The molecule has 1 atom stereocenters. The number of ether oxygens (including phenoxy) is 1. The van der Waals surface area contributed by atoms with Crippen molar-refractivity contribution in [2.75, 3.05) is 25.5 Å². The first-order valence-corrected chi connectivity index (χ1v) is 8.79. The quantitative estimate of drug-likeness (QED) is 0.818. The van der Waals surface area contributed by atoms with Crippen LogP contribution in [0.2, 0.25) is 0 Å². The van der Waals surface area contributed by atoms with Crippen LogP contribution in [0.1, 0.15) is 31.9 Å². The molecular formula is C15H23NO3S. The first kappa shape index (κ1) is 15.5. The summed E-state index contributed by atoms with van der Waals surface area (Å²) in [5.74, 6) is 0.754. The topological polar surface area (TPSA) is 55.4 Å². The van der Waals surface area contributed by atoms with E-state index in [4.69, 9.17) is 4.74 Å². The smallest absolute Gasteiger partial charge is 0.178 e. The molecule has 1 aromatic rings. The third-order valence-corrected chi connectivity index (χ3v) is 5.21. The molecule has 0 fully saturated rings. The Hall–Kier alpha value is -0.910. The summed E-state index contributed by atoms with van der Waals surface area (Å²) in [6.07, 6.45) is 0.628. The fourth-order valence-electron chi connectivity index (χ4n) is 2.43. The van der Waals surface area contributed by atoms with Crippen LogP contribution in [-0.2, 0) is 14.6 Å². The van der Waals surface area contributed by atoms with Crippen molar-refractivity contribution in [3.63, 3.8) is 0 Å². The van der Waals surface area contributed by atoms with Gasteiger partial charge in [-0.2, -0.15) is 0 Å². The van der Waals surface area contributed by atoms with E-state index in [1.165, 1.54) is 0 Å². The Morgan fingerprint density at radius 1 is 1.35 bits per heavy atom. The van der Waals surface area contributed by atoms with E-state index in [0.717, 1.165) is 18.7 Å². The molecule has 1 heterocycles. The zero-order chi connectivity index (χ0) is 14.6. The largest absolute Gasteiger partial charge is 0.380 e. The molecule has 1 aliphatic rings. The lowest BCUT2D eigenvalue weighted by molar-refractivity contribution is 0.110. The molecule has 112 valence electrons. The van der Waals surface area contributed by atoms with E-state index in [1.807, 2.05) is 12.1 Å². The van der Waals surface area contributed by atoms with Gasteiger partial charge in [-0.25, -0.2) is 8.42 Å². The molecule has 0 spiro atoms. The minimum atomic E-state index is -3.09. The average molecular weight is 297 g/mol. The maximum atomic E-state index is 12.0. The van der Waals surface area contributed by atoms with Gasteiger partial charge in [0.05, 0.1) is 17.3 Å². The number of hydrogen-bond donors (Lipinski definition) is 1. The SMILES string of the molecule is CC(C)COCCNC1CCS(=O)(=O)c2ccccc21. The highest BCUT2D eigenvalue weighted by Crippen LogP contribution is 2.31. The van der Waals surface area contributed by atoms with Crippen molar-refractivity contribution >= 4 is 9.84 Å². The van der Waals surface area contributed by atoms with Crippen LogP contribution in [0, 0.1) is 5.92 Å². The van der Waals surface area contributed by atoms with Gasteiger partial charge < -0.3 is 10.1 Å². The second-order valence-electron chi connectivity index (χ2n) is 5.62. The summed E-state index contributed by atoms with van der Waals surface area (Å²) in [6.45, 7) is 6.40. The van der Waals surface area contributed by atoms with E-state index in [9.17, 15) is 8.42 Å². The second kappa shape index (κ2) is 6.70. The number of nitrogens with one attached hydrogen (secondary N) is 1. The molecule has 0 radical (unpaired) electrons. The molecule has 0 bridgehead atoms. The predicted octanol–water partition coefficient (Wildman–Crippen LogP) is 2.17. The molecule has 4 nitrogen and oxygen atoms in total. The molecule has 0 amide bonds. The van der Waals surface area contributed by atoms with Gasteiger partial charge in [-0.15, -0.1) is 0 Å². The summed E-state index contributed by atoms with van der Waals surface area (Å²) < 4.78 is 29.6. The van der Waals surface area contributed by atoms with E-state index >= 15 is 0 Å². The maximum Gasteiger partial charge on any atom is 0.178 e. The normalized spacial score (nSPS) is 20.9. The van der Waals surface area contributed by atoms with E-state index in [-0.39, 0.29) is 11.8 Å². The van der Waals surface area contributed by atoms with E-state index in [2.05, 4.69) is 19.2 Å². The second-order valence-corrected chi connectivity index (χ2v) is 7.70. The van der Waals surface area contributed by atoms with Gasteiger partial charge in [0.2, 0.25) is 0 Å². The first-order chi connectivity index (χ1) is 9.50. The molecular weight excluding hydrogens is 274 g/mol. The van der Waals surface area contributed by atoms with Crippen molar-refractivity contribution < 1.29 is 13.2 Å². The fraction of sp³-hybridized carbons (Fsp3) is 0.600. The standard InChI is InChI=1S/C15H23NO3S/c1-12(2)11-19-9-8-16-14-7-10-20(17,18)15-6-4-3-5-13(14)15/h3-6,12,14,16H,7-11H2,1-2H3. The highest BCUT2D eigenvalue weighted by molar-refractivity contribution is 7.91. The zero-order valence-corrected chi connectivity index (χ0v) is 12.9. The molecule has 0 saturated carbocycles. The summed E-state index contributed by atoms with van der Waals surface area (Å²) >= 11 is 0. The van der Waals surface area contributed by atoms with Crippen LogP contribution in [0.5, 0.6) is 0 Å². The monoisotopic (exact) mass is 297 g/mol. The van der Waals surface area contributed by atoms with Crippen LogP contribution in [0.25, 0.3) is 0 Å². The lowest BCUT2D eigenvalue weighted by Gasteiger charge is -2.26. The zero-order valence-electron chi connectivity index (χ0n) is 12.1. The molecule has 0 aliphatic carbocycles. The van der Waals surface area contributed by atoms with E-state index in [1.54, 1.807) is 12.1 Å². The lowest BCUT2D eigenvalue weighted by atomic mass is 10.0. The van der Waals surface area contributed by atoms with Crippen molar-refractivity contribution in [2.45, 2.75) is 31.2 Å². The summed E-state index contributed by atoms with van der Waals surface area (Å²) in [7, 11) is -3.09. The summed E-state index contributed by atoms with van der Waals surface area (Å²) in [5, 5.41) is 3.40. The van der Waals surface area contributed by atoms with Crippen LogP contribution in [0.4, 0.5) is 0 Å². The van der Waals surface area contributed by atoms with Gasteiger partial charge in [-0.05, 0) is 24.0 Å². The van der Waals surface area contributed by atoms with Gasteiger partial charge in [0.1, 0.15) is 0 Å². The first-order valence-electron chi connectivity index (χ1n) is 7.13. The van der Waals surface area contributed by atoms with Crippen molar-refractivity contribution in [1.82, 2.24) is 5.32 Å². The van der Waals surface area contributed by atoms with Crippen LogP contribution in [0.3, 0.4) is 0 Å². The highest BCUT2D eigenvalue weighted by atomic mass is 32.2. The van der Waals surface area contributed by atoms with Crippen LogP contribution < -0.4 is 5.32 Å². The van der Waals surface area contributed by atoms with Crippen LogP contribution in [-0.4, -0.2) is 33.9 Å². The lowest BCUT2D eigenvalue weighted by Crippen LogP contribution is -2.32. The summed E-state index contributed by atoms with van der Waals surface area (Å²) in [4.78, 5) is 0.479. The third-order valence-electron chi connectivity index (χ3n) is 3.39. The van der Waals surface area contributed by atoms with Crippen molar-refractivity contribution in [1.29, 1.82) is 0 Å². The van der Waals surface area contributed by atoms with Crippen LogP contribution in [0.15, 0.2) is 29.2 Å². The molecule has 0 aromatic heterocycles. The molecule has 2 rings (SSSR count). The van der Waals surface area contributed by atoms with Gasteiger partial charge in [0.25, 0.3) is 0 Å². The van der Waals surface area contributed by atoms with Gasteiger partial charge in [-0.1, -0.05) is 32.0 Å². The Bertz CT molecular complexity index is 540. The fourth-order valence-corrected chi connectivity index (χ4v) is 4.05. The molecule has 1 unspecified atom stereocenters. The Morgan fingerprint density at radius 2 is 2.10 bits per heavy atom. The number of sulfone groups is 1. The number of benzene rings is 1. The Morgan fingerprint density at radius 3 is 2.85 bits per heavy atom. The molecule has 1 aliphatic heterocycles. The van der Waals surface area contributed by atoms with Gasteiger partial charge >= 0.3 is 0 Å². The van der Waals surface area contributed by atoms with Crippen molar-refractivity contribution in [2.24, 2.45) is 5.92 Å².